The first kappa shape index (κ1) is 12.6. The molecule has 0 aliphatic carbocycles. The third-order valence-electron chi connectivity index (χ3n) is 3.14. The summed E-state index contributed by atoms with van der Waals surface area (Å²) in [5, 5.41) is 3.73. The van der Waals surface area contributed by atoms with Crippen LogP contribution in [0.15, 0.2) is 28.8 Å². The SMILES string of the molecule is NC(=O)c1nc(-c2ccc(N3CCOCC3)cc2)no1. The number of morpholine rings is 1. The second kappa shape index (κ2) is 5.30. The summed E-state index contributed by atoms with van der Waals surface area (Å²) >= 11 is 0. The fourth-order valence-electron chi connectivity index (χ4n) is 2.08. The number of anilines is 1. The number of benzene rings is 1. The molecule has 104 valence electrons. The van der Waals surface area contributed by atoms with Crippen LogP contribution in [0.3, 0.4) is 0 Å². The van der Waals surface area contributed by atoms with Gasteiger partial charge < -0.3 is 19.9 Å². The molecule has 3 rings (SSSR count). The topological polar surface area (TPSA) is 94.5 Å². The molecule has 2 heterocycles. The van der Waals surface area contributed by atoms with E-state index in [1.165, 1.54) is 0 Å². The van der Waals surface area contributed by atoms with Gasteiger partial charge >= 0.3 is 11.8 Å². The first-order valence-electron chi connectivity index (χ1n) is 6.31. The summed E-state index contributed by atoms with van der Waals surface area (Å²) in [6.07, 6.45) is 0. The van der Waals surface area contributed by atoms with E-state index < -0.39 is 5.91 Å². The minimum atomic E-state index is -0.728. The fourth-order valence-corrected chi connectivity index (χ4v) is 2.08. The number of hydrogen-bond donors (Lipinski definition) is 1. The molecule has 1 saturated heterocycles. The smallest absolute Gasteiger partial charge is 0.316 e. The molecule has 0 bridgehead atoms. The van der Waals surface area contributed by atoms with Crippen LogP contribution in [0.25, 0.3) is 11.4 Å². The van der Waals surface area contributed by atoms with Crippen molar-refractivity contribution in [1.29, 1.82) is 0 Å². The first-order valence-corrected chi connectivity index (χ1v) is 6.31. The molecule has 0 atom stereocenters. The zero-order valence-electron chi connectivity index (χ0n) is 10.8. The molecule has 0 radical (unpaired) electrons. The molecular formula is C13H14N4O3. The van der Waals surface area contributed by atoms with Gasteiger partial charge in [-0.25, -0.2) is 0 Å². The molecule has 20 heavy (non-hydrogen) atoms. The molecule has 1 fully saturated rings. The van der Waals surface area contributed by atoms with Gasteiger partial charge in [0.05, 0.1) is 13.2 Å². The minimum absolute atomic E-state index is 0.183. The van der Waals surface area contributed by atoms with Crippen LogP contribution in [0, 0.1) is 0 Å². The lowest BCUT2D eigenvalue weighted by atomic mass is 10.2. The van der Waals surface area contributed by atoms with E-state index in [0.29, 0.717) is 5.82 Å². The second-order valence-electron chi connectivity index (χ2n) is 4.43. The molecule has 7 nitrogen and oxygen atoms in total. The monoisotopic (exact) mass is 274 g/mol. The van der Waals surface area contributed by atoms with Crippen molar-refractivity contribution in [3.63, 3.8) is 0 Å². The number of amides is 1. The Morgan fingerprint density at radius 1 is 1.20 bits per heavy atom. The van der Waals surface area contributed by atoms with E-state index >= 15 is 0 Å². The standard InChI is InChI=1S/C13H14N4O3/c14-11(18)13-15-12(16-20-13)9-1-3-10(4-2-9)17-5-7-19-8-6-17/h1-4H,5-8H2,(H2,14,18). The Morgan fingerprint density at radius 3 is 2.50 bits per heavy atom. The molecule has 2 N–H and O–H groups in total. The summed E-state index contributed by atoms with van der Waals surface area (Å²) in [4.78, 5) is 17.1. The van der Waals surface area contributed by atoms with Crippen molar-refractivity contribution in [1.82, 2.24) is 10.1 Å². The van der Waals surface area contributed by atoms with Crippen LogP contribution in [0.5, 0.6) is 0 Å². The largest absolute Gasteiger partial charge is 0.378 e. The lowest BCUT2D eigenvalue weighted by Gasteiger charge is -2.28. The fraction of sp³-hybridized carbons (Fsp3) is 0.308. The van der Waals surface area contributed by atoms with E-state index in [4.69, 9.17) is 15.0 Å². The molecule has 0 saturated carbocycles. The number of rotatable bonds is 3. The van der Waals surface area contributed by atoms with Crippen LogP contribution in [0.4, 0.5) is 5.69 Å². The number of primary amides is 1. The normalized spacial score (nSPS) is 15.3. The van der Waals surface area contributed by atoms with Crippen molar-refractivity contribution in [2.75, 3.05) is 31.2 Å². The lowest BCUT2D eigenvalue weighted by molar-refractivity contribution is 0.0958. The van der Waals surface area contributed by atoms with Crippen molar-refractivity contribution in [2.45, 2.75) is 0 Å². The van der Waals surface area contributed by atoms with Gasteiger partial charge in [0.2, 0.25) is 5.82 Å². The summed E-state index contributed by atoms with van der Waals surface area (Å²) in [7, 11) is 0. The summed E-state index contributed by atoms with van der Waals surface area (Å²) in [6.45, 7) is 3.25. The predicted molar refractivity (Wildman–Crippen MR) is 71.3 cm³/mol. The van der Waals surface area contributed by atoms with Gasteiger partial charge in [-0.3, -0.25) is 4.79 Å². The molecular weight excluding hydrogens is 260 g/mol. The molecule has 0 spiro atoms. The third kappa shape index (κ3) is 2.48. The van der Waals surface area contributed by atoms with Gasteiger partial charge in [-0.2, -0.15) is 4.98 Å². The van der Waals surface area contributed by atoms with E-state index in [9.17, 15) is 4.79 Å². The van der Waals surface area contributed by atoms with Gasteiger partial charge in [0.1, 0.15) is 0 Å². The summed E-state index contributed by atoms with van der Waals surface area (Å²) in [5.41, 5.74) is 6.97. The maximum Gasteiger partial charge on any atom is 0.316 e. The number of nitrogens with zero attached hydrogens (tertiary/aromatic N) is 3. The number of ether oxygens (including phenoxy) is 1. The Hall–Kier alpha value is -2.41. The van der Waals surface area contributed by atoms with Gasteiger partial charge in [-0.1, -0.05) is 5.16 Å². The number of nitrogens with two attached hydrogens (primary N) is 1. The zero-order chi connectivity index (χ0) is 13.9. The molecule has 1 aliphatic rings. The van der Waals surface area contributed by atoms with Gasteiger partial charge in [0.25, 0.3) is 0 Å². The number of aromatic nitrogens is 2. The van der Waals surface area contributed by atoms with Crippen LogP contribution in [-0.2, 0) is 4.74 Å². The maximum atomic E-state index is 10.9. The average molecular weight is 274 g/mol. The van der Waals surface area contributed by atoms with Crippen LogP contribution in [0.2, 0.25) is 0 Å². The van der Waals surface area contributed by atoms with E-state index in [2.05, 4.69) is 15.0 Å². The molecule has 2 aromatic rings. The Morgan fingerprint density at radius 2 is 1.90 bits per heavy atom. The average Bonchev–Trinajstić information content (AvgIpc) is 2.98. The maximum absolute atomic E-state index is 10.9. The van der Waals surface area contributed by atoms with E-state index in [0.717, 1.165) is 37.6 Å². The van der Waals surface area contributed by atoms with E-state index in [1.54, 1.807) is 0 Å². The predicted octanol–water partition coefficient (Wildman–Crippen LogP) is 0.672. The Labute approximate surface area is 115 Å². The Balaban J connectivity index is 1.79. The molecule has 0 unspecified atom stereocenters. The highest BCUT2D eigenvalue weighted by Gasteiger charge is 2.14. The van der Waals surface area contributed by atoms with Crippen molar-refractivity contribution >= 4 is 11.6 Å². The second-order valence-corrected chi connectivity index (χ2v) is 4.43. The number of carbonyl (C=O) groups excluding carboxylic acids is 1. The highest BCUT2D eigenvalue weighted by Crippen LogP contribution is 2.21. The molecule has 1 amide bonds. The van der Waals surface area contributed by atoms with Gasteiger partial charge in [0.15, 0.2) is 0 Å². The molecule has 1 aromatic carbocycles. The van der Waals surface area contributed by atoms with Gasteiger partial charge in [-0.05, 0) is 24.3 Å². The minimum Gasteiger partial charge on any atom is -0.378 e. The van der Waals surface area contributed by atoms with Crippen LogP contribution < -0.4 is 10.6 Å². The summed E-state index contributed by atoms with van der Waals surface area (Å²) in [5.74, 6) is -0.557. The number of carbonyl (C=O) groups is 1. The van der Waals surface area contributed by atoms with Gasteiger partial charge in [0, 0.05) is 24.3 Å². The number of hydrogen-bond acceptors (Lipinski definition) is 6. The Bertz CT molecular complexity index is 602. The van der Waals surface area contributed by atoms with E-state index in [-0.39, 0.29) is 5.89 Å². The highest BCUT2D eigenvalue weighted by atomic mass is 16.5. The summed E-state index contributed by atoms with van der Waals surface area (Å²) < 4.78 is 10.1. The Kier molecular flexibility index (Phi) is 3.34. The van der Waals surface area contributed by atoms with Crippen molar-refractivity contribution < 1.29 is 14.1 Å². The van der Waals surface area contributed by atoms with E-state index in [1.807, 2.05) is 24.3 Å². The molecule has 1 aliphatic heterocycles. The van der Waals surface area contributed by atoms with Gasteiger partial charge in [-0.15, -0.1) is 0 Å². The molecule has 7 heteroatoms. The lowest BCUT2D eigenvalue weighted by Crippen LogP contribution is -2.36. The quantitative estimate of drug-likeness (QED) is 0.884. The van der Waals surface area contributed by atoms with Crippen molar-refractivity contribution in [3.05, 3.63) is 30.2 Å². The van der Waals surface area contributed by atoms with Crippen molar-refractivity contribution in [2.24, 2.45) is 5.73 Å². The van der Waals surface area contributed by atoms with Crippen LogP contribution >= 0.6 is 0 Å². The first-order chi connectivity index (χ1) is 9.74. The third-order valence-corrected chi connectivity index (χ3v) is 3.14. The van der Waals surface area contributed by atoms with Crippen LogP contribution in [-0.4, -0.2) is 42.4 Å². The zero-order valence-corrected chi connectivity index (χ0v) is 10.8. The van der Waals surface area contributed by atoms with Crippen molar-refractivity contribution in [3.8, 4) is 11.4 Å². The summed E-state index contributed by atoms with van der Waals surface area (Å²) in [6, 6.07) is 7.75. The highest BCUT2D eigenvalue weighted by molar-refractivity contribution is 5.88. The van der Waals surface area contributed by atoms with Crippen LogP contribution in [0.1, 0.15) is 10.7 Å². The molecule has 1 aromatic heterocycles.